The molecule has 0 aromatic heterocycles. The van der Waals surface area contributed by atoms with Crippen molar-refractivity contribution in [1.29, 1.82) is 0 Å². The zero-order chi connectivity index (χ0) is 14.0. The van der Waals surface area contributed by atoms with Crippen molar-refractivity contribution >= 4 is 28.9 Å². The molecule has 0 spiro atoms. The monoisotopic (exact) mass is 285 g/mol. The van der Waals surface area contributed by atoms with Gasteiger partial charge in [-0.1, -0.05) is 11.6 Å². The van der Waals surface area contributed by atoms with Crippen LogP contribution in [0, 0.1) is 5.82 Å². The van der Waals surface area contributed by atoms with Gasteiger partial charge in [-0.3, -0.25) is 4.79 Å². The largest absolute Gasteiger partial charge is 0.397 e. The summed E-state index contributed by atoms with van der Waals surface area (Å²) in [6.45, 7) is 1.84. The highest BCUT2D eigenvalue weighted by molar-refractivity contribution is 6.31. The smallest absolute Gasteiger partial charge is 0.242 e. The Morgan fingerprint density at radius 3 is 2.74 bits per heavy atom. The lowest BCUT2D eigenvalue weighted by atomic mass is 10.2. The van der Waals surface area contributed by atoms with Crippen LogP contribution >= 0.6 is 11.6 Å². The van der Waals surface area contributed by atoms with Crippen LogP contribution in [-0.2, 0) is 4.79 Å². The van der Waals surface area contributed by atoms with Gasteiger partial charge in [0, 0.05) is 26.2 Å². The van der Waals surface area contributed by atoms with E-state index in [2.05, 4.69) is 0 Å². The van der Waals surface area contributed by atoms with Gasteiger partial charge in [0.25, 0.3) is 0 Å². The Bertz CT molecular complexity index is 489. The number of nitrogens with two attached hydrogens (primary N) is 1. The molecule has 4 nitrogen and oxygen atoms in total. The number of halogens is 2. The van der Waals surface area contributed by atoms with Crippen LogP contribution in [0.5, 0.6) is 0 Å². The molecule has 0 saturated carbocycles. The summed E-state index contributed by atoms with van der Waals surface area (Å²) in [4.78, 5) is 15.6. The molecule has 2 N–H and O–H groups in total. The van der Waals surface area contributed by atoms with Crippen LogP contribution in [0.25, 0.3) is 0 Å². The first-order chi connectivity index (χ1) is 8.99. The van der Waals surface area contributed by atoms with Crippen molar-refractivity contribution in [3.63, 3.8) is 0 Å². The Hall–Kier alpha value is -1.49. The number of carbonyl (C=O) groups is 1. The van der Waals surface area contributed by atoms with Crippen molar-refractivity contribution in [3.05, 3.63) is 23.0 Å². The first kappa shape index (κ1) is 13.9. The van der Waals surface area contributed by atoms with Crippen LogP contribution in [0.15, 0.2) is 12.1 Å². The fraction of sp³-hybridized carbons (Fsp3) is 0.462. The van der Waals surface area contributed by atoms with Crippen LogP contribution in [0.1, 0.15) is 12.8 Å². The third-order valence-electron chi connectivity index (χ3n) is 3.31. The van der Waals surface area contributed by atoms with E-state index in [-0.39, 0.29) is 23.2 Å². The molecule has 1 aliphatic heterocycles. The number of anilines is 2. The maximum Gasteiger partial charge on any atom is 0.242 e. The summed E-state index contributed by atoms with van der Waals surface area (Å²) in [5.41, 5.74) is 6.60. The molecule has 1 aromatic rings. The molecule has 0 bridgehead atoms. The van der Waals surface area contributed by atoms with Crippen molar-refractivity contribution in [3.8, 4) is 0 Å². The van der Waals surface area contributed by atoms with Crippen molar-refractivity contribution < 1.29 is 9.18 Å². The molecule has 0 radical (unpaired) electrons. The maximum absolute atomic E-state index is 13.2. The predicted octanol–water partition coefficient (Wildman–Crippen LogP) is 2.12. The molecule has 0 unspecified atom stereocenters. The Morgan fingerprint density at radius 2 is 2.11 bits per heavy atom. The van der Waals surface area contributed by atoms with Gasteiger partial charge in [-0.25, -0.2) is 4.39 Å². The minimum atomic E-state index is -0.554. The SMILES string of the molecule is CN(CC(=O)N1CCCC1)c1cc(Cl)c(F)cc1N. The maximum atomic E-state index is 13.2. The van der Waals surface area contributed by atoms with Gasteiger partial charge < -0.3 is 15.5 Å². The number of nitrogens with zero attached hydrogens (tertiary/aromatic N) is 2. The van der Waals surface area contributed by atoms with Gasteiger partial charge in [0.1, 0.15) is 5.82 Å². The highest BCUT2D eigenvalue weighted by Gasteiger charge is 2.20. The van der Waals surface area contributed by atoms with Crippen molar-refractivity contribution in [2.24, 2.45) is 0 Å². The van der Waals surface area contributed by atoms with Gasteiger partial charge in [0.15, 0.2) is 0 Å². The van der Waals surface area contributed by atoms with E-state index in [4.69, 9.17) is 17.3 Å². The minimum Gasteiger partial charge on any atom is -0.397 e. The molecule has 0 atom stereocenters. The number of nitrogen functional groups attached to an aromatic ring is 1. The van der Waals surface area contributed by atoms with Crippen LogP contribution in [0.2, 0.25) is 5.02 Å². The fourth-order valence-electron chi connectivity index (χ4n) is 2.24. The standard InChI is InChI=1S/C13H17ClFN3O/c1-17(8-13(19)18-4-2-3-5-18)12-6-9(14)10(15)7-11(12)16/h6-7H,2-5,8,16H2,1H3. The van der Waals surface area contributed by atoms with Crippen LogP contribution in [-0.4, -0.2) is 37.5 Å². The van der Waals surface area contributed by atoms with Gasteiger partial charge >= 0.3 is 0 Å². The first-order valence-electron chi connectivity index (χ1n) is 6.22. The normalized spacial score (nSPS) is 14.8. The Labute approximate surface area is 116 Å². The molecule has 2 rings (SSSR count). The van der Waals surface area contributed by atoms with E-state index in [0.717, 1.165) is 25.9 Å². The van der Waals surface area contributed by atoms with Crippen LogP contribution < -0.4 is 10.6 Å². The Balaban J connectivity index is 2.09. The summed E-state index contributed by atoms with van der Waals surface area (Å²) in [6, 6.07) is 2.62. The summed E-state index contributed by atoms with van der Waals surface area (Å²) >= 11 is 5.74. The molecule has 1 fully saturated rings. The number of hydrogen-bond acceptors (Lipinski definition) is 3. The Morgan fingerprint density at radius 1 is 1.47 bits per heavy atom. The second-order valence-corrected chi connectivity index (χ2v) is 5.18. The van der Waals surface area contributed by atoms with E-state index in [9.17, 15) is 9.18 Å². The quantitative estimate of drug-likeness (QED) is 0.866. The number of benzene rings is 1. The molecule has 19 heavy (non-hydrogen) atoms. The van der Waals surface area contributed by atoms with Gasteiger partial charge in [-0.15, -0.1) is 0 Å². The zero-order valence-electron chi connectivity index (χ0n) is 10.8. The summed E-state index contributed by atoms with van der Waals surface area (Å²) in [5, 5.41) is 0.00433. The highest BCUT2D eigenvalue weighted by atomic mass is 35.5. The summed E-state index contributed by atoms with van der Waals surface area (Å²) in [7, 11) is 1.74. The lowest BCUT2D eigenvalue weighted by molar-refractivity contribution is -0.128. The van der Waals surface area contributed by atoms with E-state index in [1.165, 1.54) is 12.1 Å². The average Bonchev–Trinajstić information content (AvgIpc) is 2.87. The van der Waals surface area contributed by atoms with Gasteiger partial charge in [0.2, 0.25) is 5.91 Å². The molecule has 1 aromatic carbocycles. The third kappa shape index (κ3) is 3.10. The number of likely N-dealkylation sites (N-methyl/N-ethyl adjacent to an activating group) is 1. The second kappa shape index (κ2) is 5.65. The lowest BCUT2D eigenvalue weighted by Gasteiger charge is -2.24. The molecule has 1 saturated heterocycles. The number of carbonyl (C=O) groups excluding carboxylic acids is 1. The van der Waals surface area contributed by atoms with Crippen LogP contribution in [0.4, 0.5) is 15.8 Å². The van der Waals surface area contributed by atoms with Crippen molar-refractivity contribution in [2.45, 2.75) is 12.8 Å². The second-order valence-electron chi connectivity index (χ2n) is 4.77. The number of hydrogen-bond donors (Lipinski definition) is 1. The van der Waals surface area contributed by atoms with E-state index < -0.39 is 5.82 Å². The van der Waals surface area contributed by atoms with E-state index >= 15 is 0 Å². The zero-order valence-corrected chi connectivity index (χ0v) is 11.6. The van der Waals surface area contributed by atoms with Gasteiger partial charge in [0.05, 0.1) is 22.9 Å². The van der Waals surface area contributed by atoms with E-state index in [1.807, 2.05) is 4.90 Å². The Kier molecular flexibility index (Phi) is 4.14. The van der Waals surface area contributed by atoms with Crippen LogP contribution in [0.3, 0.4) is 0 Å². The molecule has 6 heteroatoms. The molecule has 104 valence electrons. The predicted molar refractivity (Wildman–Crippen MR) is 74.9 cm³/mol. The van der Waals surface area contributed by atoms with E-state index in [1.54, 1.807) is 11.9 Å². The lowest BCUT2D eigenvalue weighted by Crippen LogP contribution is -2.37. The topological polar surface area (TPSA) is 49.6 Å². The molecular weight excluding hydrogens is 269 g/mol. The molecule has 0 aliphatic carbocycles. The molecule has 1 amide bonds. The van der Waals surface area contributed by atoms with E-state index in [0.29, 0.717) is 5.69 Å². The summed E-state index contributed by atoms with van der Waals surface area (Å²) in [6.07, 6.45) is 2.11. The summed E-state index contributed by atoms with van der Waals surface area (Å²) < 4.78 is 13.2. The minimum absolute atomic E-state index is 0.00433. The average molecular weight is 286 g/mol. The third-order valence-corrected chi connectivity index (χ3v) is 3.60. The van der Waals surface area contributed by atoms with Crippen molar-refractivity contribution in [2.75, 3.05) is 37.3 Å². The summed E-state index contributed by atoms with van der Waals surface area (Å²) in [5.74, 6) is -0.498. The van der Waals surface area contributed by atoms with Gasteiger partial charge in [-0.05, 0) is 18.9 Å². The number of amides is 1. The molecule has 1 aliphatic rings. The number of rotatable bonds is 3. The highest BCUT2D eigenvalue weighted by Crippen LogP contribution is 2.28. The fourth-order valence-corrected chi connectivity index (χ4v) is 2.39. The van der Waals surface area contributed by atoms with Crippen molar-refractivity contribution in [1.82, 2.24) is 4.90 Å². The number of likely N-dealkylation sites (tertiary alicyclic amines) is 1. The first-order valence-corrected chi connectivity index (χ1v) is 6.60. The molecule has 1 heterocycles. The van der Waals surface area contributed by atoms with Gasteiger partial charge in [-0.2, -0.15) is 0 Å². The molecular formula is C13H17ClFN3O.